The molecular formula is C66H128O17P2. The molecule has 17 nitrogen and oxygen atoms in total. The van der Waals surface area contributed by atoms with Gasteiger partial charge in [-0.15, -0.1) is 0 Å². The topological polar surface area (TPSA) is 237 Å². The van der Waals surface area contributed by atoms with Gasteiger partial charge in [0.2, 0.25) is 0 Å². The summed E-state index contributed by atoms with van der Waals surface area (Å²) in [6.45, 7) is 9.47. The molecule has 0 amide bonds. The summed E-state index contributed by atoms with van der Waals surface area (Å²) in [5, 5.41) is 10.5. The van der Waals surface area contributed by atoms with E-state index in [0.29, 0.717) is 25.7 Å². The predicted octanol–water partition coefficient (Wildman–Crippen LogP) is 18.4. The van der Waals surface area contributed by atoms with Crippen LogP contribution in [-0.4, -0.2) is 96.7 Å². The minimum absolute atomic E-state index is 0.106. The van der Waals surface area contributed by atoms with Gasteiger partial charge in [0.15, 0.2) is 12.2 Å². The van der Waals surface area contributed by atoms with Crippen molar-refractivity contribution in [2.75, 3.05) is 39.6 Å². The molecule has 2 unspecified atom stereocenters. The number of carbonyl (C=O) groups is 4. The van der Waals surface area contributed by atoms with Gasteiger partial charge in [-0.25, -0.2) is 9.13 Å². The molecule has 0 aromatic carbocycles. The van der Waals surface area contributed by atoms with E-state index in [2.05, 4.69) is 41.5 Å². The van der Waals surface area contributed by atoms with Crippen molar-refractivity contribution < 1.29 is 80.2 Å². The molecule has 85 heavy (non-hydrogen) atoms. The Balaban J connectivity index is 5.22. The van der Waals surface area contributed by atoms with E-state index in [9.17, 15) is 43.2 Å². The molecule has 19 heteroatoms. The maximum atomic E-state index is 13.0. The number of carbonyl (C=O) groups excluding carboxylic acids is 4. The first-order valence-electron chi connectivity index (χ1n) is 34.5. The van der Waals surface area contributed by atoms with E-state index in [1.54, 1.807) is 0 Å². The lowest BCUT2D eigenvalue weighted by atomic mass is 10.0. The number of phosphoric ester groups is 2. The minimum Gasteiger partial charge on any atom is -0.462 e. The normalized spacial score (nSPS) is 14.2. The number of hydrogen-bond donors (Lipinski definition) is 3. The monoisotopic (exact) mass is 1250 g/mol. The number of ether oxygens (including phenoxy) is 4. The van der Waals surface area contributed by atoms with Gasteiger partial charge in [0.05, 0.1) is 26.4 Å². The highest BCUT2D eigenvalue weighted by molar-refractivity contribution is 7.47. The van der Waals surface area contributed by atoms with Crippen molar-refractivity contribution in [3.63, 3.8) is 0 Å². The first-order valence-corrected chi connectivity index (χ1v) is 37.5. The van der Waals surface area contributed by atoms with Crippen molar-refractivity contribution in [3.8, 4) is 0 Å². The van der Waals surface area contributed by atoms with Crippen molar-refractivity contribution in [2.24, 2.45) is 11.8 Å². The molecule has 0 aromatic heterocycles. The molecule has 0 bridgehead atoms. The number of aliphatic hydroxyl groups is 1. The van der Waals surface area contributed by atoms with Crippen LogP contribution in [-0.2, 0) is 65.4 Å². The molecule has 0 radical (unpaired) electrons. The third-order valence-electron chi connectivity index (χ3n) is 15.2. The van der Waals surface area contributed by atoms with Crippen molar-refractivity contribution >= 4 is 39.5 Å². The summed E-state index contributed by atoms with van der Waals surface area (Å²) in [6, 6.07) is 0. The predicted molar refractivity (Wildman–Crippen MR) is 340 cm³/mol. The highest BCUT2D eigenvalue weighted by Crippen LogP contribution is 2.45. The van der Waals surface area contributed by atoms with E-state index in [0.717, 1.165) is 102 Å². The lowest BCUT2D eigenvalue weighted by Crippen LogP contribution is -2.30. The number of aliphatic hydroxyl groups excluding tert-OH is 1. The highest BCUT2D eigenvalue weighted by atomic mass is 31.2. The molecule has 0 fully saturated rings. The largest absolute Gasteiger partial charge is 0.472 e. The van der Waals surface area contributed by atoms with Crippen LogP contribution in [0.4, 0.5) is 0 Å². The summed E-state index contributed by atoms with van der Waals surface area (Å²) in [4.78, 5) is 72.2. The van der Waals surface area contributed by atoms with Crippen LogP contribution in [0.15, 0.2) is 0 Å². The van der Waals surface area contributed by atoms with Crippen molar-refractivity contribution in [1.29, 1.82) is 0 Å². The van der Waals surface area contributed by atoms with Crippen LogP contribution in [0.2, 0.25) is 0 Å². The Kier molecular flexibility index (Phi) is 57.1. The zero-order valence-electron chi connectivity index (χ0n) is 54.9. The lowest BCUT2D eigenvalue weighted by Gasteiger charge is -2.21. The zero-order valence-corrected chi connectivity index (χ0v) is 56.7. The third-order valence-corrected chi connectivity index (χ3v) is 17.1. The minimum atomic E-state index is -4.95. The Labute approximate surface area is 517 Å². The molecule has 0 aliphatic heterocycles. The van der Waals surface area contributed by atoms with Gasteiger partial charge in [-0.1, -0.05) is 279 Å². The van der Waals surface area contributed by atoms with Crippen LogP contribution in [0.5, 0.6) is 0 Å². The molecule has 0 aliphatic carbocycles. The number of rotatable bonds is 65. The quantitative estimate of drug-likeness (QED) is 0.0222. The maximum Gasteiger partial charge on any atom is 0.472 e. The summed E-state index contributed by atoms with van der Waals surface area (Å²) >= 11 is 0. The molecule has 0 rings (SSSR count). The molecule has 0 aliphatic rings. The maximum absolute atomic E-state index is 13.0. The Morgan fingerprint density at radius 2 is 0.541 bits per heavy atom. The van der Waals surface area contributed by atoms with E-state index in [1.165, 1.54) is 148 Å². The van der Waals surface area contributed by atoms with Gasteiger partial charge >= 0.3 is 39.5 Å². The second-order valence-corrected chi connectivity index (χ2v) is 27.7. The lowest BCUT2D eigenvalue weighted by molar-refractivity contribution is -0.161. The van der Waals surface area contributed by atoms with Gasteiger partial charge in [0.25, 0.3) is 0 Å². The number of hydrogen-bond acceptors (Lipinski definition) is 15. The summed E-state index contributed by atoms with van der Waals surface area (Å²) in [6.07, 6.45) is 41.6. The fourth-order valence-electron chi connectivity index (χ4n) is 9.88. The van der Waals surface area contributed by atoms with E-state index in [-0.39, 0.29) is 25.7 Å². The summed E-state index contributed by atoms with van der Waals surface area (Å²) in [5.74, 6) is -0.611. The van der Waals surface area contributed by atoms with Gasteiger partial charge in [0, 0.05) is 25.7 Å². The molecule has 0 saturated carbocycles. The Morgan fingerprint density at radius 1 is 0.318 bits per heavy atom. The number of esters is 4. The highest BCUT2D eigenvalue weighted by Gasteiger charge is 2.30. The van der Waals surface area contributed by atoms with Crippen LogP contribution < -0.4 is 0 Å². The average Bonchev–Trinajstić information content (AvgIpc) is 3.48. The standard InChI is InChI=1S/C66H128O17P2/c1-7-9-11-13-15-22-30-36-42-48-63(68)76-54-61(82-65(70)50-44-38-32-23-16-14-12-10-8-2)56-80-84(72,73)78-52-60(67)53-79-85(74,75)81-57-62(55-77-64(69)49-43-37-31-27-21-25-29-35-41-47-59(5)6)83-66(71)51-45-39-33-26-20-18-17-19-24-28-34-40-46-58(3)4/h58-62,67H,7-57H2,1-6H3,(H,72,73)(H,74,75)/t60-,61+,62+/m0/s1. The van der Waals surface area contributed by atoms with Gasteiger partial charge in [-0.05, 0) is 37.5 Å². The van der Waals surface area contributed by atoms with Gasteiger partial charge in [-0.3, -0.25) is 37.3 Å². The smallest absolute Gasteiger partial charge is 0.462 e. The fourth-order valence-corrected chi connectivity index (χ4v) is 11.5. The molecule has 0 aromatic rings. The summed E-state index contributed by atoms with van der Waals surface area (Å²) in [5.41, 5.74) is 0. The molecule has 5 atom stereocenters. The van der Waals surface area contributed by atoms with E-state index >= 15 is 0 Å². The molecule has 3 N–H and O–H groups in total. The number of unbranched alkanes of at least 4 members (excludes halogenated alkanes) is 35. The van der Waals surface area contributed by atoms with E-state index < -0.39 is 97.5 Å². The molecule has 0 heterocycles. The van der Waals surface area contributed by atoms with Gasteiger partial charge in [-0.2, -0.15) is 0 Å². The van der Waals surface area contributed by atoms with E-state index in [4.69, 9.17) is 37.0 Å². The van der Waals surface area contributed by atoms with Crippen molar-refractivity contribution in [1.82, 2.24) is 0 Å². The second-order valence-electron chi connectivity index (χ2n) is 24.8. The van der Waals surface area contributed by atoms with Crippen LogP contribution in [0.25, 0.3) is 0 Å². The fraction of sp³-hybridized carbons (Fsp3) is 0.939. The molecular weight excluding hydrogens is 1130 g/mol. The second kappa shape index (κ2) is 58.4. The third kappa shape index (κ3) is 60.7. The summed E-state index contributed by atoms with van der Waals surface area (Å²) < 4.78 is 68.0. The SMILES string of the molecule is CCCCCCCCCCCC(=O)OC[C@H](COP(=O)(O)OC[C@H](O)COP(=O)(O)OC[C@@H](COC(=O)CCCCCCCCCCCC(C)C)OC(=O)CCCCCCCCCCCCCCC(C)C)OC(=O)CCCCCCCCCCC. The van der Waals surface area contributed by atoms with Crippen LogP contribution in [0.3, 0.4) is 0 Å². The van der Waals surface area contributed by atoms with Crippen LogP contribution >= 0.6 is 15.6 Å². The molecule has 504 valence electrons. The Morgan fingerprint density at radius 3 is 0.800 bits per heavy atom. The van der Waals surface area contributed by atoms with Crippen LogP contribution in [0, 0.1) is 11.8 Å². The van der Waals surface area contributed by atoms with Crippen LogP contribution in [0.1, 0.15) is 330 Å². The molecule has 0 spiro atoms. The summed E-state index contributed by atoms with van der Waals surface area (Å²) in [7, 11) is -9.89. The molecule has 0 saturated heterocycles. The van der Waals surface area contributed by atoms with E-state index in [1.807, 2.05) is 0 Å². The van der Waals surface area contributed by atoms with Gasteiger partial charge in [0.1, 0.15) is 19.3 Å². The van der Waals surface area contributed by atoms with Gasteiger partial charge < -0.3 is 33.8 Å². The average molecular weight is 1260 g/mol. The first-order chi connectivity index (χ1) is 40.9. The number of phosphoric acid groups is 2. The van der Waals surface area contributed by atoms with Crippen molar-refractivity contribution in [2.45, 2.75) is 349 Å². The zero-order chi connectivity index (χ0) is 62.9. The first kappa shape index (κ1) is 83.1. The Bertz CT molecular complexity index is 1670. The Hall–Kier alpha value is -1.94. The van der Waals surface area contributed by atoms with Crippen molar-refractivity contribution in [3.05, 3.63) is 0 Å².